The van der Waals surface area contributed by atoms with E-state index in [1.54, 1.807) is 20.8 Å². The molecule has 0 aromatic heterocycles. The lowest BCUT2D eigenvalue weighted by molar-refractivity contribution is -0.199. The molecule has 1 aliphatic rings. The van der Waals surface area contributed by atoms with Crippen molar-refractivity contribution in [2.24, 2.45) is 0 Å². The van der Waals surface area contributed by atoms with Crippen LogP contribution < -0.4 is 10.6 Å². The Kier molecular flexibility index (Phi) is 20.0. The van der Waals surface area contributed by atoms with Crippen LogP contribution in [-0.4, -0.2) is 53.0 Å². The van der Waals surface area contributed by atoms with Gasteiger partial charge in [0.05, 0.1) is 0 Å². The highest BCUT2D eigenvalue weighted by atomic mass is 16.7. The summed E-state index contributed by atoms with van der Waals surface area (Å²) in [5, 5.41) is 5.87. The van der Waals surface area contributed by atoms with Crippen molar-refractivity contribution in [2.45, 2.75) is 161 Å². The summed E-state index contributed by atoms with van der Waals surface area (Å²) >= 11 is 0. The van der Waals surface area contributed by atoms with Gasteiger partial charge in [-0.05, 0) is 72.1 Å². The minimum absolute atomic E-state index is 0.00501. The second kappa shape index (κ2) is 22.6. The lowest BCUT2D eigenvalue weighted by Gasteiger charge is -2.21. The van der Waals surface area contributed by atoms with E-state index in [-0.39, 0.29) is 31.6 Å². The first kappa shape index (κ1) is 38.1. The summed E-state index contributed by atoms with van der Waals surface area (Å²) in [4.78, 5) is 66.0. The molecule has 246 valence electrons. The van der Waals surface area contributed by atoms with Gasteiger partial charge >= 0.3 is 12.1 Å². The third-order valence-corrected chi connectivity index (χ3v) is 7.06. The first-order valence-electron chi connectivity index (χ1n) is 16.5. The molecule has 0 bridgehead atoms. The van der Waals surface area contributed by atoms with Gasteiger partial charge in [-0.3, -0.25) is 14.4 Å². The molecular formula is C33H57N3O7. The molecule has 2 N–H and O–H groups in total. The average molecular weight is 608 g/mol. The van der Waals surface area contributed by atoms with E-state index in [0.717, 1.165) is 32.1 Å². The number of carbonyl (C=O) groups excluding carboxylic acids is 5. The van der Waals surface area contributed by atoms with Gasteiger partial charge in [0, 0.05) is 25.8 Å². The van der Waals surface area contributed by atoms with Crippen LogP contribution in [0.15, 0.2) is 12.2 Å². The van der Waals surface area contributed by atoms with Crippen molar-refractivity contribution in [3.63, 3.8) is 0 Å². The standard InChI is InChI=1S/C33H57N3O7/c1-5-6-7-8-9-10-11-12-13-14-15-16-17-18-19-23-28(37)35-27(31(40)43-36-29(38)24-25-30(36)39)22-20-21-26-34-32(41)42-33(2,3)4/h12-13,27H,5-11,14-26H2,1-4H3,(H,34,41)(H,35,37)/b13-12-. The third-order valence-electron chi connectivity index (χ3n) is 7.06. The SMILES string of the molecule is CCCCCCCC/C=C\CCCCCCCC(=O)NC(CCCCNC(=O)OC(C)(C)C)C(=O)ON1C(=O)CCC1=O. The van der Waals surface area contributed by atoms with Crippen LogP contribution in [0.25, 0.3) is 0 Å². The number of nitrogens with zero attached hydrogens (tertiary/aromatic N) is 1. The van der Waals surface area contributed by atoms with Gasteiger partial charge in [0.2, 0.25) is 5.91 Å². The number of hydrogen-bond donors (Lipinski definition) is 2. The van der Waals surface area contributed by atoms with Gasteiger partial charge in [0.15, 0.2) is 0 Å². The Morgan fingerprint density at radius 2 is 1.37 bits per heavy atom. The van der Waals surface area contributed by atoms with E-state index in [2.05, 4.69) is 29.7 Å². The van der Waals surface area contributed by atoms with Gasteiger partial charge in [-0.1, -0.05) is 70.4 Å². The fourth-order valence-electron chi connectivity index (χ4n) is 4.66. The molecule has 10 nitrogen and oxygen atoms in total. The quantitative estimate of drug-likeness (QED) is 0.0741. The first-order chi connectivity index (χ1) is 20.5. The molecular weight excluding hydrogens is 550 g/mol. The van der Waals surface area contributed by atoms with Crippen LogP contribution >= 0.6 is 0 Å². The molecule has 1 saturated heterocycles. The zero-order valence-electron chi connectivity index (χ0n) is 27.2. The van der Waals surface area contributed by atoms with Crippen molar-refractivity contribution < 1.29 is 33.5 Å². The van der Waals surface area contributed by atoms with Crippen LogP contribution in [0.5, 0.6) is 0 Å². The van der Waals surface area contributed by atoms with Crippen molar-refractivity contribution in [1.29, 1.82) is 0 Å². The summed E-state index contributed by atoms with van der Waals surface area (Å²) in [7, 11) is 0. The van der Waals surface area contributed by atoms with E-state index in [1.165, 1.54) is 44.9 Å². The summed E-state index contributed by atoms with van der Waals surface area (Å²) in [6.45, 7) is 7.90. The van der Waals surface area contributed by atoms with Gasteiger partial charge < -0.3 is 20.2 Å². The fourth-order valence-corrected chi connectivity index (χ4v) is 4.66. The highest BCUT2D eigenvalue weighted by Crippen LogP contribution is 2.15. The Labute approximate surface area is 259 Å². The molecule has 0 spiro atoms. The summed E-state index contributed by atoms with van der Waals surface area (Å²) in [5.41, 5.74) is -0.600. The van der Waals surface area contributed by atoms with Gasteiger partial charge in [-0.25, -0.2) is 9.59 Å². The molecule has 4 amide bonds. The number of allylic oxidation sites excluding steroid dienone is 2. The van der Waals surface area contributed by atoms with Crippen LogP contribution in [0, 0.1) is 0 Å². The predicted octanol–water partition coefficient (Wildman–Crippen LogP) is 6.81. The van der Waals surface area contributed by atoms with Crippen LogP contribution in [0.3, 0.4) is 0 Å². The van der Waals surface area contributed by atoms with Crippen molar-refractivity contribution in [2.75, 3.05) is 6.54 Å². The number of hydroxylamine groups is 2. The van der Waals surface area contributed by atoms with Gasteiger partial charge in [0.1, 0.15) is 11.6 Å². The Morgan fingerprint density at radius 3 is 1.95 bits per heavy atom. The number of ether oxygens (including phenoxy) is 1. The Balaban J connectivity index is 2.32. The Hall–Kier alpha value is -2.91. The van der Waals surface area contributed by atoms with Crippen LogP contribution in [0.4, 0.5) is 4.79 Å². The highest BCUT2D eigenvalue weighted by molar-refractivity contribution is 6.01. The molecule has 1 fully saturated rings. The predicted molar refractivity (Wildman–Crippen MR) is 167 cm³/mol. The zero-order chi connectivity index (χ0) is 31.9. The van der Waals surface area contributed by atoms with E-state index in [0.29, 0.717) is 30.9 Å². The Morgan fingerprint density at radius 1 is 0.814 bits per heavy atom. The highest BCUT2D eigenvalue weighted by Gasteiger charge is 2.35. The van der Waals surface area contributed by atoms with Crippen molar-refractivity contribution in [1.82, 2.24) is 15.7 Å². The van der Waals surface area contributed by atoms with E-state index in [9.17, 15) is 24.0 Å². The maximum atomic E-state index is 12.8. The Bertz CT molecular complexity index is 866. The maximum Gasteiger partial charge on any atom is 0.407 e. The van der Waals surface area contributed by atoms with Gasteiger partial charge in [-0.2, -0.15) is 0 Å². The number of nitrogens with one attached hydrogen (secondary N) is 2. The molecule has 43 heavy (non-hydrogen) atoms. The molecule has 0 aromatic carbocycles. The molecule has 0 saturated carbocycles. The molecule has 1 heterocycles. The molecule has 0 aromatic rings. The first-order valence-corrected chi connectivity index (χ1v) is 16.5. The minimum Gasteiger partial charge on any atom is -0.444 e. The topological polar surface area (TPSA) is 131 Å². The second-order valence-electron chi connectivity index (χ2n) is 12.4. The molecule has 1 unspecified atom stereocenters. The maximum absolute atomic E-state index is 12.8. The average Bonchev–Trinajstić information content (AvgIpc) is 3.25. The number of unbranched alkanes of at least 4 members (excludes halogenated alkanes) is 12. The largest absolute Gasteiger partial charge is 0.444 e. The molecule has 0 radical (unpaired) electrons. The summed E-state index contributed by atoms with van der Waals surface area (Å²) in [6.07, 6.45) is 20.8. The second-order valence-corrected chi connectivity index (χ2v) is 12.4. The van der Waals surface area contributed by atoms with Gasteiger partial charge in [0.25, 0.3) is 11.8 Å². The van der Waals surface area contributed by atoms with E-state index in [4.69, 9.17) is 9.57 Å². The summed E-state index contributed by atoms with van der Waals surface area (Å²) in [6, 6.07) is -1.00. The number of rotatable bonds is 23. The lowest BCUT2D eigenvalue weighted by Crippen LogP contribution is -2.45. The molecule has 1 aliphatic heterocycles. The smallest absolute Gasteiger partial charge is 0.407 e. The normalized spacial score (nSPS) is 14.3. The monoisotopic (exact) mass is 607 g/mol. The summed E-state index contributed by atoms with van der Waals surface area (Å²) < 4.78 is 5.20. The van der Waals surface area contributed by atoms with Gasteiger partial charge in [-0.15, -0.1) is 5.06 Å². The van der Waals surface area contributed by atoms with E-state index in [1.807, 2.05) is 0 Å². The van der Waals surface area contributed by atoms with Crippen molar-refractivity contribution in [3.8, 4) is 0 Å². The number of imide groups is 1. The molecule has 0 aliphatic carbocycles. The fraction of sp³-hybridized carbons (Fsp3) is 0.788. The zero-order valence-corrected chi connectivity index (χ0v) is 27.2. The van der Waals surface area contributed by atoms with Crippen molar-refractivity contribution in [3.05, 3.63) is 12.2 Å². The van der Waals surface area contributed by atoms with Crippen molar-refractivity contribution >= 4 is 29.8 Å². The van der Waals surface area contributed by atoms with E-state index < -0.39 is 35.5 Å². The third kappa shape index (κ3) is 19.8. The number of alkyl carbamates (subject to hydrolysis) is 1. The number of hydrogen-bond acceptors (Lipinski definition) is 7. The van der Waals surface area contributed by atoms with E-state index >= 15 is 0 Å². The minimum atomic E-state index is -1.00. The van der Waals surface area contributed by atoms with Crippen LogP contribution in [-0.2, 0) is 28.8 Å². The molecule has 1 rings (SSSR count). The summed E-state index contributed by atoms with van der Waals surface area (Å²) in [5.74, 6) is -2.26. The van der Waals surface area contributed by atoms with Crippen LogP contribution in [0.1, 0.15) is 150 Å². The lowest BCUT2D eigenvalue weighted by atomic mass is 10.1. The molecule has 1 atom stereocenters. The number of amides is 4. The molecule has 10 heteroatoms. The number of carbonyl (C=O) groups is 5. The van der Waals surface area contributed by atoms with Crippen LogP contribution in [0.2, 0.25) is 0 Å².